The van der Waals surface area contributed by atoms with Crippen LogP contribution in [0.15, 0.2) is 82.2 Å². The van der Waals surface area contributed by atoms with Crippen molar-refractivity contribution in [2.45, 2.75) is 45.2 Å². The van der Waals surface area contributed by atoms with Crippen molar-refractivity contribution in [3.8, 4) is 0 Å². The Bertz CT molecular complexity index is 1350. The molecule has 0 spiro atoms. The minimum absolute atomic E-state index is 0.0833. The zero-order chi connectivity index (χ0) is 27.2. The van der Waals surface area contributed by atoms with Crippen LogP contribution in [-0.2, 0) is 26.2 Å². The number of halogens is 1. The van der Waals surface area contributed by atoms with Crippen LogP contribution in [0.3, 0.4) is 0 Å². The molecule has 2 amide bonds. The zero-order valence-electron chi connectivity index (χ0n) is 21.4. The van der Waals surface area contributed by atoms with E-state index in [1.165, 1.54) is 17.0 Å². The van der Waals surface area contributed by atoms with Gasteiger partial charge in [0, 0.05) is 17.6 Å². The number of anilines is 1. The monoisotopic (exact) mass is 585 g/mol. The quantitative estimate of drug-likeness (QED) is 0.370. The maximum absolute atomic E-state index is 13.9. The Balaban J connectivity index is 2.05. The van der Waals surface area contributed by atoms with Crippen molar-refractivity contribution in [1.29, 1.82) is 0 Å². The number of benzene rings is 3. The molecule has 0 radical (unpaired) electrons. The summed E-state index contributed by atoms with van der Waals surface area (Å²) in [6.45, 7) is 7.24. The molecule has 3 aromatic rings. The first-order valence-corrected chi connectivity index (χ1v) is 14.2. The molecule has 0 saturated heterocycles. The van der Waals surface area contributed by atoms with Crippen molar-refractivity contribution in [1.82, 2.24) is 10.2 Å². The number of nitrogens with zero attached hydrogens (tertiary/aromatic N) is 2. The highest BCUT2D eigenvalue weighted by Crippen LogP contribution is 2.28. The molecule has 1 atom stereocenters. The highest BCUT2D eigenvalue weighted by molar-refractivity contribution is 9.10. The van der Waals surface area contributed by atoms with Crippen LogP contribution in [0.5, 0.6) is 0 Å². The molecule has 9 heteroatoms. The van der Waals surface area contributed by atoms with Crippen LogP contribution >= 0.6 is 15.9 Å². The highest BCUT2D eigenvalue weighted by Gasteiger charge is 2.33. The smallest absolute Gasteiger partial charge is 0.264 e. The molecule has 196 valence electrons. The molecule has 0 fully saturated rings. The summed E-state index contributed by atoms with van der Waals surface area (Å²) < 4.78 is 29.7. The number of amides is 2. The Morgan fingerprint density at radius 3 is 2.24 bits per heavy atom. The Morgan fingerprint density at radius 2 is 1.62 bits per heavy atom. The third-order valence-electron chi connectivity index (χ3n) is 6.03. The molecule has 0 aromatic heterocycles. The summed E-state index contributed by atoms with van der Waals surface area (Å²) >= 11 is 3.41. The normalized spacial score (nSPS) is 12.0. The fourth-order valence-corrected chi connectivity index (χ4v) is 5.67. The lowest BCUT2D eigenvalue weighted by molar-refractivity contribution is -0.139. The Labute approximate surface area is 227 Å². The van der Waals surface area contributed by atoms with Crippen LogP contribution in [0.25, 0.3) is 0 Å². The van der Waals surface area contributed by atoms with Crippen molar-refractivity contribution in [3.05, 3.63) is 94.0 Å². The molecule has 37 heavy (non-hydrogen) atoms. The summed E-state index contributed by atoms with van der Waals surface area (Å²) in [7, 11) is -4.08. The molecule has 0 aliphatic carbocycles. The van der Waals surface area contributed by atoms with E-state index >= 15 is 0 Å². The van der Waals surface area contributed by atoms with E-state index in [1.807, 2.05) is 50.2 Å². The molecule has 0 aliphatic heterocycles. The molecule has 0 bridgehead atoms. The van der Waals surface area contributed by atoms with E-state index in [4.69, 9.17) is 0 Å². The number of hydrogen-bond donors (Lipinski definition) is 1. The van der Waals surface area contributed by atoms with Crippen molar-refractivity contribution < 1.29 is 18.0 Å². The van der Waals surface area contributed by atoms with Crippen molar-refractivity contribution >= 4 is 43.5 Å². The highest BCUT2D eigenvalue weighted by atomic mass is 79.9. The van der Waals surface area contributed by atoms with Crippen molar-refractivity contribution in [3.63, 3.8) is 0 Å². The van der Waals surface area contributed by atoms with Gasteiger partial charge in [0.2, 0.25) is 11.8 Å². The number of carbonyl (C=O) groups is 2. The molecule has 0 unspecified atom stereocenters. The Morgan fingerprint density at radius 1 is 0.973 bits per heavy atom. The second kappa shape index (κ2) is 12.4. The first kappa shape index (κ1) is 28.4. The molecular weight excluding hydrogens is 554 g/mol. The molecule has 0 saturated carbocycles. The van der Waals surface area contributed by atoms with E-state index in [9.17, 15) is 18.0 Å². The number of carbonyl (C=O) groups excluding carboxylic acids is 2. The number of hydrogen-bond acceptors (Lipinski definition) is 4. The van der Waals surface area contributed by atoms with Crippen LogP contribution < -0.4 is 9.62 Å². The molecule has 0 heterocycles. The third-order valence-corrected chi connectivity index (χ3v) is 8.33. The third kappa shape index (κ3) is 6.99. The number of rotatable bonds is 10. The SMILES string of the molecule is CCNC(=O)[C@@H](C)N(Cc1ccc(Br)cc1)C(=O)CN(c1cc(C)ccc1C)S(=O)(=O)c1ccccc1. The van der Waals surface area contributed by atoms with Gasteiger partial charge in [-0.05, 0) is 74.7 Å². The first-order valence-electron chi connectivity index (χ1n) is 12.0. The van der Waals surface area contributed by atoms with Gasteiger partial charge in [-0.3, -0.25) is 13.9 Å². The van der Waals surface area contributed by atoms with Crippen LogP contribution in [0, 0.1) is 13.8 Å². The van der Waals surface area contributed by atoms with E-state index < -0.39 is 28.5 Å². The van der Waals surface area contributed by atoms with Gasteiger partial charge in [-0.15, -0.1) is 0 Å². The van der Waals surface area contributed by atoms with Gasteiger partial charge in [0.1, 0.15) is 12.6 Å². The minimum Gasteiger partial charge on any atom is -0.355 e. The zero-order valence-corrected chi connectivity index (χ0v) is 23.8. The van der Waals surface area contributed by atoms with Gasteiger partial charge in [0.25, 0.3) is 10.0 Å². The summed E-state index contributed by atoms with van der Waals surface area (Å²) in [5.41, 5.74) is 2.82. The molecule has 1 N–H and O–H groups in total. The average molecular weight is 587 g/mol. The van der Waals surface area contributed by atoms with E-state index in [0.29, 0.717) is 17.8 Å². The summed E-state index contributed by atoms with van der Waals surface area (Å²) in [6, 6.07) is 20.2. The van der Waals surface area contributed by atoms with Gasteiger partial charge < -0.3 is 10.2 Å². The van der Waals surface area contributed by atoms with Gasteiger partial charge in [0.15, 0.2) is 0 Å². The van der Waals surface area contributed by atoms with Gasteiger partial charge in [-0.1, -0.05) is 58.4 Å². The summed E-state index contributed by atoms with van der Waals surface area (Å²) in [5.74, 6) is -0.792. The van der Waals surface area contributed by atoms with Crippen LogP contribution in [0.1, 0.15) is 30.5 Å². The second-order valence-electron chi connectivity index (χ2n) is 8.83. The Hall–Kier alpha value is -3.17. The van der Waals surface area contributed by atoms with Crippen molar-refractivity contribution in [2.75, 3.05) is 17.4 Å². The predicted octanol–water partition coefficient (Wildman–Crippen LogP) is 4.81. The van der Waals surface area contributed by atoms with Gasteiger partial charge in [-0.2, -0.15) is 0 Å². The van der Waals surface area contributed by atoms with Crippen LogP contribution in [0.2, 0.25) is 0 Å². The summed E-state index contributed by atoms with van der Waals surface area (Å²) in [5, 5.41) is 2.76. The number of nitrogens with one attached hydrogen (secondary N) is 1. The van der Waals surface area contributed by atoms with Gasteiger partial charge >= 0.3 is 0 Å². The summed E-state index contributed by atoms with van der Waals surface area (Å²) in [6.07, 6.45) is 0. The summed E-state index contributed by atoms with van der Waals surface area (Å²) in [4.78, 5) is 28.1. The predicted molar refractivity (Wildman–Crippen MR) is 150 cm³/mol. The lowest BCUT2D eigenvalue weighted by Crippen LogP contribution is -2.51. The average Bonchev–Trinajstić information content (AvgIpc) is 2.88. The lowest BCUT2D eigenvalue weighted by atomic mass is 10.1. The van der Waals surface area contributed by atoms with Gasteiger partial charge in [0.05, 0.1) is 10.6 Å². The van der Waals surface area contributed by atoms with E-state index in [-0.39, 0.29) is 17.3 Å². The maximum Gasteiger partial charge on any atom is 0.264 e. The van der Waals surface area contributed by atoms with Crippen molar-refractivity contribution in [2.24, 2.45) is 0 Å². The fraction of sp³-hybridized carbons (Fsp3) is 0.286. The molecular formula is C28H32BrN3O4S. The lowest BCUT2D eigenvalue weighted by Gasteiger charge is -2.32. The van der Waals surface area contributed by atoms with Crippen LogP contribution in [0.4, 0.5) is 5.69 Å². The largest absolute Gasteiger partial charge is 0.355 e. The standard InChI is InChI=1S/C28H32BrN3O4S/c1-5-30-28(34)22(4)31(18-23-13-15-24(29)16-14-23)27(33)19-32(26-17-20(2)11-12-21(26)3)37(35,36)25-9-7-6-8-10-25/h6-17,22H,5,18-19H2,1-4H3,(H,30,34)/t22-/m1/s1. The maximum atomic E-state index is 13.9. The number of likely N-dealkylation sites (N-methyl/N-ethyl adjacent to an activating group) is 1. The van der Waals surface area contributed by atoms with Gasteiger partial charge in [-0.25, -0.2) is 8.42 Å². The van der Waals surface area contributed by atoms with E-state index in [0.717, 1.165) is 19.9 Å². The number of aryl methyl sites for hydroxylation is 2. The Kier molecular flexibility index (Phi) is 9.50. The second-order valence-corrected chi connectivity index (χ2v) is 11.6. The van der Waals surface area contributed by atoms with E-state index in [1.54, 1.807) is 38.1 Å². The van der Waals surface area contributed by atoms with Crippen LogP contribution in [-0.4, -0.2) is 44.3 Å². The molecule has 3 rings (SSSR count). The van der Waals surface area contributed by atoms with E-state index in [2.05, 4.69) is 21.2 Å². The molecule has 0 aliphatic rings. The topological polar surface area (TPSA) is 86.8 Å². The fourth-order valence-electron chi connectivity index (χ4n) is 3.91. The molecule has 3 aromatic carbocycles. The number of sulfonamides is 1. The molecule has 7 nitrogen and oxygen atoms in total. The minimum atomic E-state index is -4.08. The first-order chi connectivity index (χ1) is 17.5.